The van der Waals surface area contributed by atoms with Gasteiger partial charge in [0.15, 0.2) is 0 Å². The molecule has 8 nitrogen and oxygen atoms in total. The van der Waals surface area contributed by atoms with E-state index in [4.69, 9.17) is 9.47 Å². The zero-order chi connectivity index (χ0) is 24.9. The van der Waals surface area contributed by atoms with Crippen molar-refractivity contribution in [1.29, 1.82) is 5.26 Å². The fourth-order valence-electron chi connectivity index (χ4n) is 3.86. The van der Waals surface area contributed by atoms with Crippen LogP contribution in [-0.2, 0) is 4.74 Å². The number of carbonyl (C=O) groups is 1. The Morgan fingerprint density at radius 3 is 2.59 bits per heavy atom. The molecule has 178 valence electrons. The number of aromatic nitrogens is 3. The standard InChI is InChI=1S/C26H31N5O3/c1-17(2)12-26(6,31-24(32)34-25(3,4)5)16-33-23-18(13-27)11-19(14-30-23)20-7-10-29-22-8-9-28-15-21(20)22/h7-11,14-15,17H,12,16H2,1-6H3,(H,31,32)/t26-/m0/s1. The maximum Gasteiger partial charge on any atom is 0.408 e. The fourth-order valence-corrected chi connectivity index (χ4v) is 3.86. The van der Waals surface area contributed by atoms with Gasteiger partial charge in [-0.3, -0.25) is 9.97 Å². The first-order valence-electron chi connectivity index (χ1n) is 11.2. The number of alkyl carbamates (subject to hydrolysis) is 1. The van der Waals surface area contributed by atoms with Gasteiger partial charge in [0.05, 0.1) is 11.1 Å². The van der Waals surface area contributed by atoms with Crippen LogP contribution in [0.4, 0.5) is 4.79 Å². The third-order valence-electron chi connectivity index (χ3n) is 5.01. The van der Waals surface area contributed by atoms with Crippen molar-refractivity contribution >= 4 is 17.0 Å². The Balaban J connectivity index is 1.84. The highest BCUT2D eigenvalue weighted by Crippen LogP contribution is 2.29. The summed E-state index contributed by atoms with van der Waals surface area (Å²) in [7, 11) is 0. The zero-order valence-electron chi connectivity index (χ0n) is 20.5. The van der Waals surface area contributed by atoms with Crippen LogP contribution in [-0.4, -0.2) is 38.8 Å². The Labute approximate surface area is 200 Å². The Morgan fingerprint density at radius 1 is 1.15 bits per heavy atom. The highest BCUT2D eigenvalue weighted by Gasteiger charge is 2.31. The number of hydrogen-bond acceptors (Lipinski definition) is 7. The minimum atomic E-state index is -0.712. The lowest BCUT2D eigenvalue weighted by atomic mass is 9.91. The van der Waals surface area contributed by atoms with Crippen LogP contribution in [0.3, 0.4) is 0 Å². The molecular weight excluding hydrogens is 430 g/mol. The third kappa shape index (κ3) is 6.41. The van der Waals surface area contributed by atoms with E-state index in [1.165, 1.54) is 0 Å². The molecule has 1 atom stereocenters. The molecule has 0 saturated heterocycles. The molecule has 1 N–H and O–H groups in total. The quantitative estimate of drug-likeness (QED) is 0.510. The molecule has 1 amide bonds. The van der Waals surface area contributed by atoms with Crippen molar-refractivity contribution in [3.63, 3.8) is 0 Å². The minimum absolute atomic E-state index is 0.132. The Kier molecular flexibility index (Phi) is 7.35. The summed E-state index contributed by atoms with van der Waals surface area (Å²) in [4.78, 5) is 25.4. The molecule has 0 spiro atoms. The van der Waals surface area contributed by atoms with Gasteiger partial charge in [-0.05, 0) is 63.8 Å². The van der Waals surface area contributed by atoms with Gasteiger partial charge in [-0.15, -0.1) is 0 Å². The molecule has 0 fully saturated rings. The smallest absolute Gasteiger partial charge is 0.408 e. The van der Waals surface area contributed by atoms with Crippen molar-refractivity contribution in [3.8, 4) is 23.1 Å². The highest BCUT2D eigenvalue weighted by molar-refractivity contribution is 5.93. The molecule has 0 radical (unpaired) electrons. The van der Waals surface area contributed by atoms with Crippen LogP contribution in [0.25, 0.3) is 22.0 Å². The van der Waals surface area contributed by atoms with E-state index in [1.54, 1.807) is 30.9 Å². The lowest BCUT2D eigenvalue weighted by Gasteiger charge is -2.33. The van der Waals surface area contributed by atoms with Crippen molar-refractivity contribution in [2.75, 3.05) is 6.61 Å². The molecule has 0 aliphatic carbocycles. The van der Waals surface area contributed by atoms with Crippen molar-refractivity contribution in [1.82, 2.24) is 20.3 Å². The van der Waals surface area contributed by atoms with E-state index in [9.17, 15) is 10.1 Å². The fraction of sp³-hybridized carbons (Fsp3) is 0.423. The molecule has 0 unspecified atom stereocenters. The van der Waals surface area contributed by atoms with Crippen LogP contribution < -0.4 is 10.1 Å². The van der Waals surface area contributed by atoms with Crippen molar-refractivity contribution in [2.45, 2.75) is 59.1 Å². The van der Waals surface area contributed by atoms with Crippen LogP contribution in [0.1, 0.15) is 53.5 Å². The minimum Gasteiger partial charge on any atom is -0.474 e. The summed E-state index contributed by atoms with van der Waals surface area (Å²) in [6, 6.07) is 7.62. The first-order valence-corrected chi connectivity index (χ1v) is 11.2. The topological polar surface area (TPSA) is 110 Å². The molecule has 34 heavy (non-hydrogen) atoms. The van der Waals surface area contributed by atoms with E-state index in [2.05, 4.69) is 40.2 Å². The second-order valence-electron chi connectivity index (χ2n) is 10.0. The van der Waals surface area contributed by atoms with E-state index < -0.39 is 17.2 Å². The summed E-state index contributed by atoms with van der Waals surface area (Å²) in [5.74, 6) is 0.506. The molecule has 0 saturated carbocycles. The lowest BCUT2D eigenvalue weighted by molar-refractivity contribution is 0.0405. The number of nitrogens with zero attached hydrogens (tertiary/aromatic N) is 4. The number of hydrogen-bond donors (Lipinski definition) is 1. The van der Waals surface area contributed by atoms with Crippen molar-refractivity contribution < 1.29 is 14.3 Å². The van der Waals surface area contributed by atoms with E-state index in [1.807, 2.05) is 39.8 Å². The maximum atomic E-state index is 12.4. The molecule has 8 heteroatoms. The molecule has 3 heterocycles. The van der Waals surface area contributed by atoms with Crippen LogP contribution in [0, 0.1) is 17.2 Å². The molecule has 0 bridgehead atoms. The van der Waals surface area contributed by atoms with Gasteiger partial charge in [-0.25, -0.2) is 9.78 Å². The summed E-state index contributed by atoms with van der Waals surface area (Å²) in [6.45, 7) is 11.6. The van der Waals surface area contributed by atoms with Gasteiger partial charge in [0.25, 0.3) is 0 Å². The highest BCUT2D eigenvalue weighted by atomic mass is 16.6. The lowest BCUT2D eigenvalue weighted by Crippen LogP contribution is -2.52. The predicted molar refractivity (Wildman–Crippen MR) is 130 cm³/mol. The largest absolute Gasteiger partial charge is 0.474 e. The summed E-state index contributed by atoms with van der Waals surface area (Å²) >= 11 is 0. The number of pyridine rings is 3. The second-order valence-corrected chi connectivity index (χ2v) is 10.0. The van der Waals surface area contributed by atoms with E-state index in [0.29, 0.717) is 17.9 Å². The molecule has 0 aliphatic heterocycles. The average molecular weight is 462 g/mol. The Hall–Kier alpha value is -3.73. The monoisotopic (exact) mass is 461 g/mol. The maximum absolute atomic E-state index is 12.4. The number of ether oxygens (including phenoxy) is 2. The molecule has 0 aliphatic rings. The van der Waals surface area contributed by atoms with Gasteiger partial charge in [0, 0.05) is 35.7 Å². The number of fused-ring (bicyclic) bond motifs is 1. The van der Waals surface area contributed by atoms with Gasteiger partial charge in [0.2, 0.25) is 5.88 Å². The van der Waals surface area contributed by atoms with Crippen LogP contribution in [0.5, 0.6) is 5.88 Å². The normalized spacial score (nSPS) is 13.2. The molecule has 3 aromatic rings. The first-order chi connectivity index (χ1) is 16.0. The van der Waals surface area contributed by atoms with Gasteiger partial charge in [-0.1, -0.05) is 13.8 Å². The van der Waals surface area contributed by atoms with Crippen LogP contribution >= 0.6 is 0 Å². The van der Waals surface area contributed by atoms with Crippen molar-refractivity contribution in [2.24, 2.45) is 5.92 Å². The SMILES string of the molecule is CC(C)C[C@@](C)(COc1ncc(-c2ccnc3ccncc23)cc1C#N)NC(=O)OC(C)(C)C. The van der Waals surface area contributed by atoms with Gasteiger partial charge in [0.1, 0.15) is 23.8 Å². The Morgan fingerprint density at radius 2 is 1.91 bits per heavy atom. The van der Waals surface area contributed by atoms with Gasteiger partial charge >= 0.3 is 6.09 Å². The summed E-state index contributed by atoms with van der Waals surface area (Å²) in [5, 5.41) is 13.6. The van der Waals surface area contributed by atoms with Crippen LogP contribution in [0.2, 0.25) is 0 Å². The third-order valence-corrected chi connectivity index (χ3v) is 5.01. The van der Waals surface area contributed by atoms with Gasteiger partial charge in [-0.2, -0.15) is 5.26 Å². The summed E-state index contributed by atoms with van der Waals surface area (Å²) in [6.07, 6.45) is 6.96. The van der Waals surface area contributed by atoms with Gasteiger partial charge < -0.3 is 14.8 Å². The second kappa shape index (κ2) is 10.0. The molecular formula is C26H31N5O3. The molecule has 3 aromatic heterocycles. The Bertz CT molecular complexity index is 1210. The number of nitrogens with one attached hydrogen (secondary N) is 1. The number of carbonyl (C=O) groups excluding carboxylic acids is 1. The number of amides is 1. The number of nitriles is 1. The first kappa shape index (κ1) is 24.9. The van der Waals surface area contributed by atoms with E-state index >= 15 is 0 Å². The molecule has 0 aromatic carbocycles. The summed E-state index contributed by atoms with van der Waals surface area (Å²) in [5.41, 5.74) is 1.43. The average Bonchev–Trinajstić information content (AvgIpc) is 2.75. The predicted octanol–water partition coefficient (Wildman–Crippen LogP) is 5.27. The number of rotatable bonds is 7. The van der Waals surface area contributed by atoms with Crippen LogP contribution in [0.15, 0.2) is 43.0 Å². The summed E-state index contributed by atoms with van der Waals surface area (Å²) < 4.78 is 11.4. The van der Waals surface area contributed by atoms with E-state index in [0.717, 1.165) is 22.0 Å². The zero-order valence-corrected chi connectivity index (χ0v) is 20.5. The van der Waals surface area contributed by atoms with E-state index in [-0.39, 0.29) is 12.5 Å². The molecule has 3 rings (SSSR count). The van der Waals surface area contributed by atoms with Crippen molar-refractivity contribution in [3.05, 3.63) is 48.5 Å².